The maximum atomic E-state index is 8.64. The Labute approximate surface area is 77.8 Å². The van der Waals surface area contributed by atoms with Gasteiger partial charge in [-0.2, -0.15) is 0 Å². The molecule has 1 heterocycles. The molecule has 13 heavy (non-hydrogen) atoms. The molecule has 0 fully saturated rings. The third kappa shape index (κ3) is 2.68. The van der Waals surface area contributed by atoms with Gasteiger partial charge in [0, 0.05) is 24.3 Å². The van der Waals surface area contributed by atoms with Gasteiger partial charge in [0.25, 0.3) is 0 Å². The van der Waals surface area contributed by atoms with Gasteiger partial charge in [-0.15, -0.1) is 0 Å². The van der Waals surface area contributed by atoms with E-state index >= 15 is 0 Å². The van der Waals surface area contributed by atoms with Crippen LogP contribution in [0, 0.1) is 6.92 Å². The minimum absolute atomic E-state index is 0.0969. The molecule has 1 aromatic rings. The predicted molar refractivity (Wildman–Crippen MR) is 52.4 cm³/mol. The Morgan fingerprint density at radius 3 is 2.92 bits per heavy atom. The zero-order valence-electron chi connectivity index (χ0n) is 7.75. The lowest BCUT2D eigenvalue weighted by Gasteiger charge is -2.08. The van der Waals surface area contributed by atoms with Crippen molar-refractivity contribution >= 4 is 5.82 Å². The minimum Gasteiger partial charge on any atom is -0.395 e. The lowest BCUT2D eigenvalue weighted by Crippen LogP contribution is -2.11. The van der Waals surface area contributed by atoms with E-state index in [4.69, 9.17) is 10.8 Å². The highest BCUT2D eigenvalue weighted by Crippen LogP contribution is 2.11. The molecule has 0 saturated heterocycles. The Hall–Kier alpha value is -1.13. The molecule has 0 amide bonds. The molecule has 0 aliphatic carbocycles. The van der Waals surface area contributed by atoms with Crippen LogP contribution in [-0.2, 0) is 6.54 Å². The van der Waals surface area contributed by atoms with Crippen LogP contribution in [0.15, 0.2) is 12.1 Å². The number of hydrogen-bond acceptors (Lipinski definition) is 4. The lowest BCUT2D eigenvalue weighted by atomic mass is 10.2. The highest BCUT2D eigenvalue weighted by Gasteiger charge is 2.01. The van der Waals surface area contributed by atoms with E-state index in [1.54, 1.807) is 0 Å². The predicted octanol–water partition coefficient (Wildman–Crippen LogP) is 0.253. The van der Waals surface area contributed by atoms with E-state index in [1.165, 1.54) is 0 Å². The van der Waals surface area contributed by atoms with Gasteiger partial charge in [-0.3, -0.25) is 0 Å². The quantitative estimate of drug-likeness (QED) is 0.622. The average Bonchev–Trinajstić information content (AvgIpc) is 2.15. The van der Waals surface area contributed by atoms with Gasteiger partial charge in [0.1, 0.15) is 5.82 Å². The van der Waals surface area contributed by atoms with Crippen molar-refractivity contribution < 1.29 is 5.11 Å². The Balaban J connectivity index is 2.81. The van der Waals surface area contributed by atoms with Gasteiger partial charge in [0.05, 0.1) is 6.61 Å². The maximum absolute atomic E-state index is 8.64. The Morgan fingerprint density at radius 2 is 2.31 bits per heavy atom. The minimum atomic E-state index is 0.0969. The molecular weight excluding hydrogens is 166 g/mol. The summed E-state index contributed by atoms with van der Waals surface area (Å²) in [7, 11) is 0. The molecular formula is C9H15N3O. The third-order valence-corrected chi connectivity index (χ3v) is 1.74. The summed E-state index contributed by atoms with van der Waals surface area (Å²) in [5.41, 5.74) is 7.44. The number of aliphatic hydroxyl groups is 1. The van der Waals surface area contributed by atoms with Gasteiger partial charge in [-0.05, 0) is 13.0 Å². The zero-order chi connectivity index (χ0) is 9.68. The molecule has 4 nitrogen and oxygen atoms in total. The molecule has 0 bridgehead atoms. The van der Waals surface area contributed by atoms with E-state index in [0.717, 1.165) is 17.1 Å². The number of nitrogens with zero attached hydrogens (tertiary/aromatic N) is 1. The van der Waals surface area contributed by atoms with Crippen molar-refractivity contribution in [2.45, 2.75) is 13.5 Å². The van der Waals surface area contributed by atoms with Gasteiger partial charge in [0.2, 0.25) is 0 Å². The summed E-state index contributed by atoms with van der Waals surface area (Å²) in [5, 5.41) is 11.7. The number of aliphatic hydroxyl groups excluding tert-OH is 1. The summed E-state index contributed by atoms with van der Waals surface area (Å²) in [5.74, 6) is 0.775. The monoisotopic (exact) mass is 181 g/mol. The van der Waals surface area contributed by atoms with Crippen LogP contribution in [0.5, 0.6) is 0 Å². The second-order valence-electron chi connectivity index (χ2n) is 2.81. The molecule has 0 aliphatic heterocycles. The largest absolute Gasteiger partial charge is 0.395 e. The topological polar surface area (TPSA) is 71.2 Å². The van der Waals surface area contributed by atoms with Crippen LogP contribution in [-0.4, -0.2) is 23.2 Å². The number of aryl methyl sites for hydroxylation is 1. The first-order valence-electron chi connectivity index (χ1n) is 4.29. The first-order valence-corrected chi connectivity index (χ1v) is 4.29. The van der Waals surface area contributed by atoms with E-state index in [2.05, 4.69) is 10.3 Å². The van der Waals surface area contributed by atoms with Crippen LogP contribution in [0.3, 0.4) is 0 Å². The molecule has 0 aliphatic rings. The van der Waals surface area contributed by atoms with Crippen LogP contribution >= 0.6 is 0 Å². The number of hydrogen-bond donors (Lipinski definition) is 3. The normalized spacial score (nSPS) is 10.1. The van der Waals surface area contributed by atoms with Crippen LogP contribution in [0.1, 0.15) is 11.3 Å². The zero-order valence-corrected chi connectivity index (χ0v) is 7.75. The van der Waals surface area contributed by atoms with Crippen molar-refractivity contribution in [3.05, 3.63) is 23.4 Å². The molecule has 0 unspecified atom stereocenters. The first kappa shape index (κ1) is 9.95. The number of nitrogens with two attached hydrogens (primary N) is 1. The highest BCUT2D eigenvalue weighted by molar-refractivity contribution is 5.44. The number of rotatable bonds is 4. The molecule has 72 valence electrons. The Bertz CT molecular complexity index is 276. The standard InChI is InChI=1S/C9H15N3O/c1-7-2-3-8(6-10)9(12-7)11-4-5-13/h2-3,13H,4-6,10H2,1H3,(H,11,12). The van der Waals surface area contributed by atoms with E-state index in [9.17, 15) is 0 Å². The van der Waals surface area contributed by atoms with Crippen LogP contribution < -0.4 is 11.1 Å². The van der Waals surface area contributed by atoms with Gasteiger partial charge in [0.15, 0.2) is 0 Å². The van der Waals surface area contributed by atoms with E-state index in [0.29, 0.717) is 13.1 Å². The van der Waals surface area contributed by atoms with Crippen LogP contribution in [0.2, 0.25) is 0 Å². The molecule has 0 spiro atoms. The molecule has 4 N–H and O–H groups in total. The summed E-state index contributed by atoms with van der Waals surface area (Å²) < 4.78 is 0. The number of pyridine rings is 1. The average molecular weight is 181 g/mol. The highest BCUT2D eigenvalue weighted by atomic mass is 16.3. The van der Waals surface area contributed by atoms with E-state index in [-0.39, 0.29) is 6.61 Å². The summed E-state index contributed by atoms with van der Waals surface area (Å²) in [4.78, 5) is 4.28. The maximum Gasteiger partial charge on any atom is 0.130 e. The van der Waals surface area contributed by atoms with Crippen molar-refractivity contribution in [1.29, 1.82) is 0 Å². The van der Waals surface area contributed by atoms with Gasteiger partial charge in [-0.25, -0.2) is 4.98 Å². The Kier molecular flexibility index (Phi) is 3.67. The van der Waals surface area contributed by atoms with Crippen molar-refractivity contribution in [2.75, 3.05) is 18.5 Å². The first-order chi connectivity index (χ1) is 6.27. The third-order valence-electron chi connectivity index (χ3n) is 1.74. The van der Waals surface area contributed by atoms with E-state index in [1.807, 2.05) is 19.1 Å². The van der Waals surface area contributed by atoms with Crippen molar-refractivity contribution in [1.82, 2.24) is 4.98 Å². The summed E-state index contributed by atoms with van der Waals surface area (Å²) in [6, 6.07) is 3.87. The fourth-order valence-electron chi connectivity index (χ4n) is 1.08. The van der Waals surface area contributed by atoms with Gasteiger partial charge < -0.3 is 16.2 Å². The van der Waals surface area contributed by atoms with Crippen LogP contribution in [0.4, 0.5) is 5.82 Å². The number of aromatic nitrogens is 1. The molecule has 0 saturated carbocycles. The fraction of sp³-hybridized carbons (Fsp3) is 0.444. The summed E-state index contributed by atoms with van der Waals surface area (Å²) >= 11 is 0. The number of nitrogens with one attached hydrogen (secondary N) is 1. The lowest BCUT2D eigenvalue weighted by molar-refractivity contribution is 0.311. The summed E-state index contributed by atoms with van der Waals surface area (Å²) in [6.07, 6.45) is 0. The molecule has 1 aromatic heterocycles. The molecule has 0 radical (unpaired) electrons. The smallest absolute Gasteiger partial charge is 0.130 e. The van der Waals surface area contributed by atoms with Crippen molar-refractivity contribution in [3.8, 4) is 0 Å². The molecule has 4 heteroatoms. The Morgan fingerprint density at radius 1 is 1.54 bits per heavy atom. The molecule has 1 rings (SSSR count). The van der Waals surface area contributed by atoms with Crippen LogP contribution in [0.25, 0.3) is 0 Å². The van der Waals surface area contributed by atoms with Crippen molar-refractivity contribution in [2.24, 2.45) is 5.73 Å². The second kappa shape index (κ2) is 4.79. The molecule has 0 atom stereocenters. The van der Waals surface area contributed by atoms with Crippen molar-refractivity contribution in [3.63, 3.8) is 0 Å². The molecule has 0 aromatic carbocycles. The SMILES string of the molecule is Cc1ccc(CN)c(NCCO)n1. The summed E-state index contributed by atoms with van der Waals surface area (Å²) in [6.45, 7) is 2.98. The van der Waals surface area contributed by atoms with E-state index < -0.39 is 0 Å². The van der Waals surface area contributed by atoms with Gasteiger partial charge >= 0.3 is 0 Å². The fourth-order valence-corrected chi connectivity index (χ4v) is 1.08. The number of anilines is 1. The van der Waals surface area contributed by atoms with Gasteiger partial charge in [-0.1, -0.05) is 6.07 Å². The second-order valence-corrected chi connectivity index (χ2v) is 2.81.